The summed E-state index contributed by atoms with van der Waals surface area (Å²) >= 11 is 1.60. The predicted octanol–water partition coefficient (Wildman–Crippen LogP) is 4.08. The molecule has 1 atom stereocenters. The van der Waals surface area contributed by atoms with E-state index in [9.17, 15) is 9.59 Å². The van der Waals surface area contributed by atoms with Crippen LogP contribution >= 0.6 is 11.8 Å². The number of benzene rings is 2. The Hall–Kier alpha value is -2.27. The van der Waals surface area contributed by atoms with Gasteiger partial charge in [0.15, 0.2) is 0 Å². The number of rotatable bonds is 6. The van der Waals surface area contributed by atoms with E-state index in [0.29, 0.717) is 11.4 Å². The Morgan fingerprint density at radius 2 is 1.52 bits per heavy atom. The Bertz CT molecular complexity index is 656. The van der Waals surface area contributed by atoms with Crippen molar-refractivity contribution in [3.05, 3.63) is 60.2 Å². The van der Waals surface area contributed by atoms with Crippen LogP contribution in [0, 0.1) is 0 Å². The largest absolute Gasteiger partial charge is 0.326 e. The molecule has 2 amide bonds. The molecule has 0 saturated carbocycles. The monoisotopic (exact) mass is 328 g/mol. The molecule has 2 aromatic rings. The zero-order valence-electron chi connectivity index (χ0n) is 13.2. The number of thioether (sulfide) groups is 1. The fourth-order valence-electron chi connectivity index (χ4n) is 2.06. The summed E-state index contributed by atoms with van der Waals surface area (Å²) in [5.74, 6) is 0.238. The molecule has 5 heteroatoms. The molecule has 0 spiro atoms. The van der Waals surface area contributed by atoms with E-state index in [1.165, 1.54) is 12.5 Å². The summed E-state index contributed by atoms with van der Waals surface area (Å²) in [7, 11) is 0. The molecule has 0 aliphatic rings. The lowest BCUT2D eigenvalue weighted by Gasteiger charge is -2.12. The number of anilines is 2. The first-order valence-corrected chi connectivity index (χ1v) is 8.43. The minimum atomic E-state index is -0.118. The van der Waals surface area contributed by atoms with Crippen LogP contribution in [-0.4, -0.2) is 17.6 Å². The molecule has 0 radical (unpaired) electrons. The molecule has 2 rings (SSSR count). The van der Waals surface area contributed by atoms with Crippen molar-refractivity contribution < 1.29 is 9.59 Å². The van der Waals surface area contributed by atoms with E-state index in [4.69, 9.17) is 0 Å². The summed E-state index contributed by atoms with van der Waals surface area (Å²) in [6, 6.07) is 17.2. The topological polar surface area (TPSA) is 58.2 Å². The van der Waals surface area contributed by atoms with Crippen LogP contribution in [0.15, 0.2) is 54.6 Å². The summed E-state index contributed by atoms with van der Waals surface area (Å²) in [6.45, 7) is 3.55. The van der Waals surface area contributed by atoms with Gasteiger partial charge in [-0.15, -0.1) is 11.8 Å². The van der Waals surface area contributed by atoms with Crippen molar-refractivity contribution >= 4 is 35.0 Å². The van der Waals surface area contributed by atoms with Crippen molar-refractivity contribution in [1.29, 1.82) is 0 Å². The quantitative estimate of drug-likeness (QED) is 0.840. The van der Waals surface area contributed by atoms with Gasteiger partial charge in [0.2, 0.25) is 11.8 Å². The second-order valence-corrected chi connectivity index (χ2v) is 6.50. The Balaban J connectivity index is 1.81. The molecule has 120 valence electrons. The average molecular weight is 328 g/mol. The molecule has 0 aliphatic carbocycles. The van der Waals surface area contributed by atoms with Crippen LogP contribution in [0.4, 0.5) is 11.4 Å². The van der Waals surface area contributed by atoms with Crippen LogP contribution in [-0.2, 0) is 9.59 Å². The number of amides is 2. The fourth-order valence-corrected chi connectivity index (χ4v) is 2.88. The van der Waals surface area contributed by atoms with E-state index in [-0.39, 0.29) is 17.1 Å². The lowest BCUT2D eigenvalue weighted by Crippen LogP contribution is -2.14. The zero-order valence-corrected chi connectivity index (χ0v) is 14.0. The van der Waals surface area contributed by atoms with E-state index < -0.39 is 0 Å². The standard InChI is InChI=1S/C18H20N2O2S/c1-13(15-6-4-3-5-7-15)23-12-18(22)20-17-10-8-16(9-11-17)19-14(2)21/h3-11,13H,12H2,1-2H3,(H,19,21)(H,20,22)/t13-/m1/s1. The third-order valence-electron chi connectivity index (χ3n) is 3.22. The Morgan fingerprint density at radius 1 is 0.957 bits per heavy atom. The van der Waals surface area contributed by atoms with E-state index in [1.54, 1.807) is 36.0 Å². The van der Waals surface area contributed by atoms with Crippen LogP contribution < -0.4 is 10.6 Å². The number of carbonyl (C=O) groups is 2. The first-order valence-electron chi connectivity index (χ1n) is 7.38. The van der Waals surface area contributed by atoms with Crippen LogP contribution in [0.3, 0.4) is 0 Å². The van der Waals surface area contributed by atoms with Crippen molar-refractivity contribution in [3.8, 4) is 0 Å². The molecule has 23 heavy (non-hydrogen) atoms. The highest BCUT2D eigenvalue weighted by molar-refractivity contribution is 8.00. The van der Waals surface area contributed by atoms with Gasteiger partial charge in [-0.3, -0.25) is 9.59 Å². The molecule has 2 aromatic carbocycles. The third-order valence-corrected chi connectivity index (χ3v) is 4.42. The first-order chi connectivity index (χ1) is 11.0. The van der Waals surface area contributed by atoms with Gasteiger partial charge in [-0.1, -0.05) is 30.3 Å². The van der Waals surface area contributed by atoms with E-state index in [1.807, 2.05) is 18.2 Å². The van der Waals surface area contributed by atoms with E-state index in [2.05, 4.69) is 29.7 Å². The molecule has 0 bridgehead atoms. The second-order valence-electron chi connectivity index (χ2n) is 5.17. The molecule has 0 unspecified atom stereocenters. The summed E-state index contributed by atoms with van der Waals surface area (Å²) in [6.07, 6.45) is 0. The van der Waals surface area contributed by atoms with Crippen molar-refractivity contribution in [2.75, 3.05) is 16.4 Å². The van der Waals surface area contributed by atoms with Crippen LogP contribution in [0.2, 0.25) is 0 Å². The van der Waals surface area contributed by atoms with Crippen LogP contribution in [0.1, 0.15) is 24.7 Å². The summed E-state index contributed by atoms with van der Waals surface area (Å²) < 4.78 is 0. The first kappa shape index (κ1) is 17.1. The highest BCUT2D eigenvalue weighted by Crippen LogP contribution is 2.27. The third kappa shape index (κ3) is 5.79. The van der Waals surface area contributed by atoms with Gasteiger partial charge in [0.05, 0.1) is 5.75 Å². The Kier molecular flexibility index (Phi) is 6.23. The molecule has 0 aliphatic heterocycles. The zero-order chi connectivity index (χ0) is 16.7. The van der Waals surface area contributed by atoms with Crippen molar-refractivity contribution in [2.24, 2.45) is 0 Å². The average Bonchev–Trinajstić information content (AvgIpc) is 2.55. The van der Waals surface area contributed by atoms with Gasteiger partial charge in [-0.05, 0) is 36.8 Å². The molecule has 0 heterocycles. The molecular weight excluding hydrogens is 308 g/mol. The molecule has 0 aromatic heterocycles. The minimum absolute atomic E-state index is 0.0370. The van der Waals surface area contributed by atoms with Gasteiger partial charge in [0.1, 0.15) is 0 Å². The van der Waals surface area contributed by atoms with Gasteiger partial charge in [-0.2, -0.15) is 0 Å². The predicted molar refractivity (Wildman–Crippen MR) is 96.7 cm³/mol. The normalized spacial score (nSPS) is 11.6. The van der Waals surface area contributed by atoms with Crippen molar-refractivity contribution in [3.63, 3.8) is 0 Å². The van der Waals surface area contributed by atoms with Gasteiger partial charge >= 0.3 is 0 Å². The molecule has 2 N–H and O–H groups in total. The van der Waals surface area contributed by atoms with Gasteiger partial charge < -0.3 is 10.6 Å². The highest BCUT2D eigenvalue weighted by Gasteiger charge is 2.09. The smallest absolute Gasteiger partial charge is 0.234 e. The summed E-state index contributed by atoms with van der Waals surface area (Å²) in [5, 5.41) is 5.81. The maximum atomic E-state index is 12.0. The molecule has 0 fully saturated rings. The van der Waals surface area contributed by atoms with Crippen molar-refractivity contribution in [1.82, 2.24) is 0 Å². The second kappa shape index (κ2) is 8.39. The maximum Gasteiger partial charge on any atom is 0.234 e. The minimum Gasteiger partial charge on any atom is -0.326 e. The van der Waals surface area contributed by atoms with Gasteiger partial charge in [0.25, 0.3) is 0 Å². The van der Waals surface area contributed by atoms with E-state index >= 15 is 0 Å². The van der Waals surface area contributed by atoms with Crippen molar-refractivity contribution in [2.45, 2.75) is 19.1 Å². The SMILES string of the molecule is CC(=O)Nc1ccc(NC(=O)CS[C@H](C)c2ccccc2)cc1. The fraction of sp³-hybridized carbons (Fsp3) is 0.222. The molecule has 0 saturated heterocycles. The number of carbonyl (C=O) groups excluding carboxylic acids is 2. The Morgan fingerprint density at radius 3 is 2.09 bits per heavy atom. The van der Waals surface area contributed by atoms with Crippen LogP contribution in [0.25, 0.3) is 0 Å². The number of nitrogens with one attached hydrogen (secondary N) is 2. The summed E-state index contributed by atoms with van der Waals surface area (Å²) in [5.41, 5.74) is 2.64. The lowest BCUT2D eigenvalue weighted by atomic mass is 10.2. The number of hydrogen-bond acceptors (Lipinski definition) is 3. The van der Waals surface area contributed by atoms with Crippen LogP contribution in [0.5, 0.6) is 0 Å². The molecule has 4 nitrogen and oxygen atoms in total. The van der Waals surface area contributed by atoms with Gasteiger partial charge in [-0.25, -0.2) is 0 Å². The highest BCUT2D eigenvalue weighted by atomic mass is 32.2. The lowest BCUT2D eigenvalue weighted by molar-refractivity contribution is -0.114. The Labute approximate surface area is 140 Å². The van der Waals surface area contributed by atoms with E-state index in [0.717, 1.165) is 5.69 Å². The molecular formula is C18H20N2O2S. The number of hydrogen-bond donors (Lipinski definition) is 2. The maximum absolute atomic E-state index is 12.0. The van der Waals surface area contributed by atoms with Gasteiger partial charge in [0, 0.05) is 23.5 Å². The summed E-state index contributed by atoms with van der Waals surface area (Å²) in [4.78, 5) is 23.0.